The van der Waals surface area contributed by atoms with Crippen LogP contribution < -0.4 is 10.6 Å². The maximum absolute atomic E-state index is 14.8. The molecular weight excluding hydrogens is 761 g/mol. The molecule has 4 aromatic rings. The summed E-state index contributed by atoms with van der Waals surface area (Å²) in [6.45, 7) is 13.6. The van der Waals surface area contributed by atoms with Gasteiger partial charge in [0.2, 0.25) is 11.8 Å². The van der Waals surface area contributed by atoms with E-state index in [1.54, 1.807) is 22.9 Å². The van der Waals surface area contributed by atoms with Crippen molar-refractivity contribution in [2.24, 2.45) is 11.8 Å². The molecule has 14 nitrogen and oxygen atoms in total. The van der Waals surface area contributed by atoms with Gasteiger partial charge in [0.05, 0.1) is 35.3 Å². The molecule has 0 aliphatic carbocycles. The van der Waals surface area contributed by atoms with Gasteiger partial charge in [0.25, 0.3) is 23.6 Å². The van der Waals surface area contributed by atoms with Crippen LogP contribution in [0.4, 0.5) is 0 Å². The molecular formula is C40H40N4O10S2. The zero-order valence-corrected chi connectivity index (χ0v) is 32.9. The fourth-order valence-electron chi connectivity index (χ4n) is 7.23. The van der Waals surface area contributed by atoms with Crippen LogP contribution in [0.15, 0.2) is 48.2 Å². The molecule has 0 bridgehead atoms. The summed E-state index contributed by atoms with van der Waals surface area (Å²) < 4.78 is 11.7. The van der Waals surface area contributed by atoms with Crippen molar-refractivity contribution >= 4 is 101 Å². The number of hydrogen-bond acceptors (Lipinski definition) is 12. The van der Waals surface area contributed by atoms with Crippen LogP contribution in [0.3, 0.4) is 0 Å². The Kier molecular flexibility index (Phi) is 11.5. The third-order valence-corrected chi connectivity index (χ3v) is 11.4. The quantitative estimate of drug-likeness (QED) is 0.0678. The van der Waals surface area contributed by atoms with Crippen LogP contribution in [0.2, 0.25) is 0 Å². The third-order valence-electron chi connectivity index (χ3n) is 9.52. The molecule has 2 atom stereocenters. The summed E-state index contributed by atoms with van der Waals surface area (Å²) in [5.74, 6) is -6.04. The summed E-state index contributed by atoms with van der Waals surface area (Å²) in [5.41, 5.74) is 0.289. The molecule has 16 heteroatoms. The van der Waals surface area contributed by atoms with Gasteiger partial charge in [-0.1, -0.05) is 40.9 Å². The largest absolute Gasteiger partial charge is 0.462 e. The van der Waals surface area contributed by atoms with Crippen molar-refractivity contribution in [2.75, 3.05) is 26.3 Å². The van der Waals surface area contributed by atoms with Gasteiger partial charge in [-0.05, 0) is 59.7 Å². The van der Waals surface area contributed by atoms with Crippen LogP contribution in [0.25, 0.3) is 30.9 Å². The van der Waals surface area contributed by atoms with Crippen molar-refractivity contribution < 1.29 is 47.8 Å². The summed E-state index contributed by atoms with van der Waals surface area (Å²) in [6, 6.07) is 0.637. The monoisotopic (exact) mass is 800 g/mol. The Labute approximate surface area is 329 Å². The van der Waals surface area contributed by atoms with Crippen molar-refractivity contribution in [3.63, 3.8) is 0 Å². The van der Waals surface area contributed by atoms with Crippen LogP contribution in [-0.4, -0.2) is 95.6 Å². The zero-order valence-electron chi connectivity index (χ0n) is 31.2. The Hall–Kier alpha value is -5.74. The number of rotatable bonds is 16. The molecule has 0 fully saturated rings. The first-order valence-corrected chi connectivity index (χ1v) is 19.8. The molecule has 2 aromatic carbocycles. The van der Waals surface area contributed by atoms with Gasteiger partial charge in [-0.25, -0.2) is 9.59 Å². The smallest absolute Gasteiger partial charge is 0.329 e. The minimum atomic E-state index is -1.34. The number of esters is 2. The van der Waals surface area contributed by atoms with E-state index in [9.17, 15) is 38.4 Å². The minimum Gasteiger partial charge on any atom is -0.462 e. The van der Waals surface area contributed by atoms with Crippen molar-refractivity contribution in [3.8, 4) is 0 Å². The van der Waals surface area contributed by atoms with Gasteiger partial charge in [-0.15, -0.1) is 22.7 Å². The Morgan fingerprint density at radius 1 is 0.643 bits per heavy atom. The van der Waals surface area contributed by atoms with E-state index in [1.807, 2.05) is 27.7 Å². The number of nitrogens with one attached hydrogen (secondary N) is 2. The highest BCUT2D eigenvalue weighted by Gasteiger charge is 2.49. The van der Waals surface area contributed by atoms with Crippen LogP contribution in [0, 0.1) is 11.8 Å². The lowest BCUT2D eigenvalue weighted by atomic mass is 9.81. The molecule has 2 aromatic heterocycles. The molecule has 0 spiro atoms. The first-order chi connectivity index (χ1) is 26.7. The Morgan fingerprint density at radius 3 is 1.34 bits per heavy atom. The predicted molar refractivity (Wildman–Crippen MR) is 211 cm³/mol. The van der Waals surface area contributed by atoms with Gasteiger partial charge < -0.3 is 20.1 Å². The van der Waals surface area contributed by atoms with E-state index in [-0.39, 0.29) is 84.0 Å². The number of nitrogens with zero attached hydrogens (tertiary/aromatic N) is 2. The third kappa shape index (κ3) is 6.98. The van der Waals surface area contributed by atoms with Gasteiger partial charge in [0.1, 0.15) is 25.3 Å². The number of ether oxygens (including phenoxy) is 2. The molecule has 2 aliphatic rings. The average Bonchev–Trinajstić information content (AvgIpc) is 3.84. The maximum atomic E-state index is 14.8. The normalized spacial score (nSPS) is 14.8. The maximum Gasteiger partial charge on any atom is 0.329 e. The van der Waals surface area contributed by atoms with Crippen LogP contribution >= 0.6 is 22.7 Å². The lowest BCUT2D eigenvalue weighted by Crippen LogP contribution is -2.53. The number of fused-ring (bicyclic) bond motifs is 6. The highest BCUT2D eigenvalue weighted by atomic mass is 32.1. The van der Waals surface area contributed by atoms with Gasteiger partial charge in [-0.3, -0.25) is 38.6 Å². The molecule has 2 N–H and O–H groups in total. The highest BCUT2D eigenvalue weighted by Crippen LogP contribution is 2.50. The SMILES string of the molecule is C=CC(=O)NCCOC(=O)C(CC(C)C)N1C(=O)c2c3ccsc3c3c4c(c5ccsc5c(c24)C1=O)C(=O)N(C(CC(C)C)C(=O)OCCNC(=O)C=C)C3=O. The van der Waals surface area contributed by atoms with Crippen LogP contribution in [-0.2, 0) is 28.7 Å². The fraction of sp³-hybridized carbons (Fsp3) is 0.350. The first-order valence-electron chi connectivity index (χ1n) is 18.0. The first kappa shape index (κ1) is 39.9. The van der Waals surface area contributed by atoms with E-state index in [2.05, 4.69) is 23.8 Å². The number of carbonyl (C=O) groups is 8. The van der Waals surface area contributed by atoms with Crippen molar-refractivity contribution in [1.29, 1.82) is 0 Å². The second-order valence-electron chi connectivity index (χ2n) is 14.2. The lowest BCUT2D eigenvalue weighted by molar-refractivity contribution is -0.149. The minimum absolute atomic E-state index is 0.0192. The van der Waals surface area contributed by atoms with Gasteiger partial charge in [-0.2, -0.15) is 0 Å². The topological polar surface area (TPSA) is 186 Å². The Morgan fingerprint density at radius 2 is 1.00 bits per heavy atom. The standard InChI is InChI=1S/C40H40N4O10S2/c1-7-25(45)41-11-13-53-39(51)23(17-19(3)4)43-35(47)27-21-9-15-56-34(21)32-30-28(22-10-16-55-33(22)31(29(27)30)37(43)49)36(48)44(38(32)50)24(18-20(5)6)40(52)54-14-12-42-26(46)8-2/h7-10,15-16,19-20,23-24H,1-2,11-14,17-18H2,3-6H3,(H,41,45)(H,42,46). The van der Waals surface area contributed by atoms with Crippen molar-refractivity contribution in [3.05, 3.63) is 70.5 Å². The molecule has 4 heterocycles. The molecule has 0 radical (unpaired) electrons. The van der Waals surface area contributed by atoms with E-state index < -0.39 is 59.5 Å². The molecule has 2 aliphatic heterocycles. The molecule has 6 amide bonds. The number of benzene rings is 2. The van der Waals surface area contributed by atoms with Crippen LogP contribution in [0.5, 0.6) is 0 Å². The lowest BCUT2D eigenvalue weighted by Gasteiger charge is -2.37. The summed E-state index contributed by atoms with van der Waals surface area (Å²) in [4.78, 5) is 112. The summed E-state index contributed by atoms with van der Waals surface area (Å²) >= 11 is 2.33. The Bertz CT molecular complexity index is 2110. The highest BCUT2D eigenvalue weighted by molar-refractivity contribution is 7.18. The average molecular weight is 801 g/mol. The summed E-state index contributed by atoms with van der Waals surface area (Å²) in [5, 5.41) is 9.36. The molecule has 6 rings (SSSR count). The molecule has 0 saturated carbocycles. The van der Waals surface area contributed by atoms with Crippen molar-refractivity contribution in [2.45, 2.75) is 52.6 Å². The number of thiophene rings is 2. The van der Waals surface area contributed by atoms with Crippen LogP contribution in [0.1, 0.15) is 82.0 Å². The molecule has 56 heavy (non-hydrogen) atoms. The molecule has 292 valence electrons. The van der Waals surface area contributed by atoms with E-state index >= 15 is 0 Å². The van der Waals surface area contributed by atoms with E-state index in [0.29, 0.717) is 20.2 Å². The fourth-order valence-corrected chi connectivity index (χ4v) is 9.12. The predicted octanol–water partition coefficient (Wildman–Crippen LogP) is 4.98. The van der Waals surface area contributed by atoms with Gasteiger partial charge in [0.15, 0.2) is 0 Å². The number of carbonyl (C=O) groups excluding carboxylic acids is 8. The molecule has 2 unspecified atom stereocenters. The number of imide groups is 2. The van der Waals surface area contributed by atoms with Gasteiger partial charge in [0, 0.05) is 30.9 Å². The summed E-state index contributed by atoms with van der Waals surface area (Å²) in [6.07, 6.45) is 2.30. The summed E-state index contributed by atoms with van der Waals surface area (Å²) in [7, 11) is 0. The zero-order chi connectivity index (χ0) is 40.6. The number of hydrogen-bond donors (Lipinski definition) is 2. The molecule has 0 saturated heterocycles. The van der Waals surface area contributed by atoms with E-state index in [4.69, 9.17) is 9.47 Å². The second-order valence-corrected chi connectivity index (χ2v) is 16.0. The van der Waals surface area contributed by atoms with Gasteiger partial charge >= 0.3 is 11.9 Å². The van der Waals surface area contributed by atoms with E-state index in [1.165, 1.54) is 0 Å². The Balaban J connectivity index is 1.50. The second kappa shape index (κ2) is 16.2. The van der Waals surface area contributed by atoms with Crippen molar-refractivity contribution in [1.82, 2.24) is 20.4 Å². The van der Waals surface area contributed by atoms with E-state index in [0.717, 1.165) is 44.6 Å². The number of amides is 6.